The topological polar surface area (TPSA) is 21.3 Å². The molecular weight excluding hydrogens is 234 g/mol. The van der Waals surface area contributed by atoms with E-state index in [1.807, 2.05) is 13.1 Å². The van der Waals surface area contributed by atoms with Crippen LogP contribution in [0.1, 0.15) is 17.0 Å². The Balaban J connectivity index is 2.16. The maximum absolute atomic E-state index is 5.29. The maximum atomic E-state index is 5.29. The van der Waals surface area contributed by atoms with E-state index >= 15 is 0 Å². The van der Waals surface area contributed by atoms with Crippen LogP contribution in [0.25, 0.3) is 0 Å². The third-order valence-corrected chi connectivity index (χ3v) is 3.34. The first-order valence-electron chi connectivity index (χ1n) is 6.66. The molecule has 2 rings (SSSR count). The minimum atomic E-state index is 0.485. The van der Waals surface area contributed by atoms with Crippen molar-refractivity contribution in [1.82, 2.24) is 5.32 Å². The van der Waals surface area contributed by atoms with Gasteiger partial charge in [0.15, 0.2) is 0 Å². The van der Waals surface area contributed by atoms with Gasteiger partial charge < -0.3 is 10.1 Å². The lowest BCUT2D eigenvalue weighted by Gasteiger charge is -2.17. The number of likely N-dealkylation sites (N-methyl/N-ethyl adjacent to an activating group) is 1. The lowest BCUT2D eigenvalue weighted by Crippen LogP contribution is -2.19. The average Bonchev–Trinajstić information content (AvgIpc) is 2.48. The maximum Gasteiger partial charge on any atom is 0.119 e. The highest BCUT2D eigenvalue weighted by molar-refractivity contribution is 5.31. The molecule has 1 unspecified atom stereocenters. The lowest BCUT2D eigenvalue weighted by atomic mass is 9.92. The van der Waals surface area contributed by atoms with Crippen LogP contribution in [-0.2, 0) is 6.42 Å². The first-order valence-corrected chi connectivity index (χ1v) is 6.66. The van der Waals surface area contributed by atoms with Gasteiger partial charge in [0.05, 0.1) is 7.11 Å². The Bertz CT molecular complexity index is 496. The molecule has 0 aliphatic carbocycles. The van der Waals surface area contributed by atoms with E-state index in [2.05, 4.69) is 53.8 Å². The van der Waals surface area contributed by atoms with Crippen molar-refractivity contribution in [3.63, 3.8) is 0 Å². The molecule has 0 saturated heterocycles. The summed E-state index contributed by atoms with van der Waals surface area (Å²) in [4.78, 5) is 0. The normalized spacial score (nSPS) is 12.1. The smallest absolute Gasteiger partial charge is 0.119 e. The van der Waals surface area contributed by atoms with Gasteiger partial charge in [0.1, 0.15) is 5.75 Å². The molecule has 0 radical (unpaired) electrons. The predicted molar refractivity (Wildman–Crippen MR) is 79.8 cm³/mol. The number of hydrogen-bond acceptors (Lipinski definition) is 2. The molecule has 0 bridgehead atoms. The van der Waals surface area contributed by atoms with E-state index in [-0.39, 0.29) is 0 Å². The third-order valence-electron chi connectivity index (χ3n) is 3.34. The summed E-state index contributed by atoms with van der Waals surface area (Å²) in [5.41, 5.74) is 2.68. The van der Waals surface area contributed by atoms with E-state index in [1.165, 1.54) is 11.1 Å². The first-order chi connectivity index (χ1) is 9.33. The van der Waals surface area contributed by atoms with Crippen LogP contribution < -0.4 is 10.1 Å². The Labute approximate surface area is 115 Å². The molecule has 0 fully saturated rings. The molecule has 2 aromatic rings. The summed E-state index contributed by atoms with van der Waals surface area (Å²) in [5, 5.41) is 3.28. The fourth-order valence-electron chi connectivity index (χ4n) is 2.36. The molecule has 2 aromatic carbocycles. The molecule has 0 amide bonds. The second-order valence-corrected chi connectivity index (χ2v) is 4.72. The monoisotopic (exact) mass is 255 g/mol. The van der Waals surface area contributed by atoms with Gasteiger partial charge in [-0.15, -0.1) is 0 Å². The number of ether oxygens (including phenoxy) is 1. The van der Waals surface area contributed by atoms with Gasteiger partial charge in [-0.25, -0.2) is 0 Å². The van der Waals surface area contributed by atoms with Crippen LogP contribution in [-0.4, -0.2) is 20.7 Å². The largest absolute Gasteiger partial charge is 0.497 e. The molecule has 1 N–H and O–H groups in total. The summed E-state index contributed by atoms with van der Waals surface area (Å²) < 4.78 is 5.29. The molecular formula is C17H21NO. The van der Waals surface area contributed by atoms with Crippen molar-refractivity contribution in [2.45, 2.75) is 12.3 Å². The zero-order valence-corrected chi connectivity index (χ0v) is 11.6. The SMILES string of the molecule is CNCC(Cc1cccc(OC)c1)c1ccccc1. The summed E-state index contributed by atoms with van der Waals surface area (Å²) in [6.45, 7) is 0.973. The second-order valence-electron chi connectivity index (χ2n) is 4.72. The predicted octanol–water partition coefficient (Wildman–Crippen LogP) is 3.24. The molecule has 0 spiro atoms. The van der Waals surface area contributed by atoms with E-state index in [0.29, 0.717) is 5.92 Å². The zero-order chi connectivity index (χ0) is 13.5. The van der Waals surface area contributed by atoms with Gasteiger partial charge in [0, 0.05) is 12.5 Å². The highest BCUT2D eigenvalue weighted by atomic mass is 16.5. The van der Waals surface area contributed by atoms with Gasteiger partial charge in [-0.05, 0) is 36.7 Å². The number of methoxy groups -OCH3 is 1. The van der Waals surface area contributed by atoms with Crippen LogP contribution in [0.4, 0.5) is 0 Å². The standard InChI is InChI=1S/C17H21NO/c1-18-13-16(15-8-4-3-5-9-15)11-14-7-6-10-17(12-14)19-2/h3-10,12,16,18H,11,13H2,1-2H3. The van der Waals surface area contributed by atoms with Crippen molar-refractivity contribution >= 4 is 0 Å². The minimum absolute atomic E-state index is 0.485. The molecule has 2 heteroatoms. The molecule has 0 aliphatic rings. The van der Waals surface area contributed by atoms with Crippen LogP contribution in [0.5, 0.6) is 5.75 Å². The van der Waals surface area contributed by atoms with Crippen LogP contribution in [0, 0.1) is 0 Å². The quantitative estimate of drug-likeness (QED) is 0.855. The van der Waals surface area contributed by atoms with Crippen LogP contribution in [0.2, 0.25) is 0 Å². The zero-order valence-electron chi connectivity index (χ0n) is 11.6. The fourth-order valence-corrected chi connectivity index (χ4v) is 2.36. The highest BCUT2D eigenvalue weighted by Gasteiger charge is 2.11. The van der Waals surface area contributed by atoms with Crippen molar-refractivity contribution < 1.29 is 4.74 Å². The number of hydrogen-bond donors (Lipinski definition) is 1. The molecule has 19 heavy (non-hydrogen) atoms. The van der Waals surface area contributed by atoms with Crippen molar-refractivity contribution in [3.05, 3.63) is 65.7 Å². The number of rotatable bonds is 6. The minimum Gasteiger partial charge on any atom is -0.497 e. The Morgan fingerprint density at radius 1 is 1.05 bits per heavy atom. The van der Waals surface area contributed by atoms with Gasteiger partial charge in [0.25, 0.3) is 0 Å². The molecule has 0 aliphatic heterocycles. The summed E-state index contributed by atoms with van der Waals surface area (Å²) in [6.07, 6.45) is 1.02. The summed E-state index contributed by atoms with van der Waals surface area (Å²) in [5.74, 6) is 1.41. The van der Waals surface area contributed by atoms with Crippen molar-refractivity contribution in [1.29, 1.82) is 0 Å². The Kier molecular flexibility index (Phi) is 4.99. The van der Waals surface area contributed by atoms with E-state index in [0.717, 1.165) is 18.7 Å². The number of nitrogens with one attached hydrogen (secondary N) is 1. The lowest BCUT2D eigenvalue weighted by molar-refractivity contribution is 0.414. The van der Waals surface area contributed by atoms with E-state index < -0.39 is 0 Å². The van der Waals surface area contributed by atoms with Gasteiger partial charge in [-0.1, -0.05) is 42.5 Å². The molecule has 0 heterocycles. The fraction of sp³-hybridized carbons (Fsp3) is 0.294. The average molecular weight is 255 g/mol. The Hall–Kier alpha value is -1.80. The summed E-state index contributed by atoms with van der Waals surface area (Å²) in [6, 6.07) is 19.0. The summed E-state index contributed by atoms with van der Waals surface area (Å²) in [7, 11) is 3.71. The van der Waals surface area contributed by atoms with E-state index in [9.17, 15) is 0 Å². The molecule has 1 atom stereocenters. The van der Waals surface area contributed by atoms with E-state index in [1.54, 1.807) is 7.11 Å². The van der Waals surface area contributed by atoms with Crippen LogP contribution >= 0.6 is 0 Å². The Morgan fingerprint density at radius 3 is 2.53 bits per heavy atom. The number of benzene rings is 2. The van der Waals surface area contributed by atoms with Gasteiger partial charge in [-0.3, -0.25) is 0 Å². The Morgan fingerprint density at radius 2 is 1.84 bits per heavy atom. The van der Waals surface area contributed by atoms with Crippen molar-refractivity contribution in [2.75, 3.05) is 20.7 Å². The second kappa shape index (κ2) is 6.95. The van der Waals surface area contributed by atoms with Crippen LogP contribution in [0.15, 0.2) is 54.6 Å². The molecule has 2 nitrogen and oxygen atoms in total. The van der Waals surface area contributed by atoms with Gasteiger partial charge in [0.2, 0.25) is 0 Å². The third kappa shape index (κ3) is 3.83. The summed E-state index contributed by atoms with van der Waals surface area (Å²) >= 11 is 0. The van der Waals surface area contributed by atoms with Gasteiger partial charge >= 0.3 is 0 Å². The molecule has 100 valence electrons. The molecule has 0 saturated carbocycles. The van der Waals surface area contributed by atoms with Gasteiger partial charge in [-0.2, -0.15) is 0 Å². The van der Waals surface area contributed by atoms with Crippen molar-refractivity contribution in [2.24, 2.45) is 0 Å². The van der Waals surface area contributed by atoms with E-state index in [4.69, 9.17) is 4.74 Å². The van der Waals surface area contributed by atoms with Crippen LogP contribution in [0.3, 0.4) is 0 Å². The molecule has 0 aromatic heterocycles. The van der Waals surface area contributed by atoms with Crippen molar-refractivity contribution in [3.8, 4) is 5.75 Å². The highest BCUT2D eigenvalue weighted by Crippen LogP contribution is 2.22. The first kappa shape index (κ1) is 13.6.